The van der Waals surface area contributed by atoms with Gasteiger partial charge in [-0.2, -0.15) is 0 Å². The Hall–Kier alpha value is -2.26. The summed E-state index contributed by atoms with van der Waals surface area (Å²) in [5.41, 5.74) is 11.2. The molecule has 0 aliphatic rings. The largest absolute Gasteiger partial charge is 0.254 e. The first-order valence-electron chi connectivity index (χ1n) is 5.32. The van der Waals surface area contributed by atoms with Crippen molar-refractivity contribution >= 4 is 11.0 Å². The molecule has 17 heavy (non-hydrogen) atoms. The molecule has 0 atom stereocenters. The van der Waals surface area contributed by atoms with Crippen LogP contribution in [0.3, 0.4) is 0 Å². The normalized spacial score (nSPS) is 10.2. The minimum absolute atomic E-state index is 0.511. The predicted molar refractivity (Wildman–Crippen MR) is 66.1 cm³/mol. The van der Waals surface area contributed by atoms with Gasteiger partial charge in [0.25, 0.3) is 5.82 Å². The number of allylic oxidation sites excluding steroid dienone is 1. The number of rotatable bonds is 3. The third kappa shape index (κ3) is 1.88. The van der Waals surface area contributed by atoms with Crippen molar-refractivity contribution in [2.45, 2.75) is 13.5 Å². The number of azide groups is 1. The number of imidazole rings is 1. The van der Waals surface area contributed by atoms with Gasteiger partial charge in [0.1, 0.15) is 6.54 Å². The predicted octanol–water partition coefficient (Wildman–Crippen LogP) is 2.60. The van der Waals surface area contributed by atoms with Crippen LogP contribution >= 0.6 is 0 Å². The van der Waals surface area contributed by atoms with Gasteiger partial charge in [0.15, 0.2) is 11.0 Å². The molecule has 0 radical (unpaired) electrons. The maximum atomic E-state index is 8.39. The molecule has 86 valence electrons. The van der Waals surface area contributed by atoms with E-state index in [9.17, 15) is 0 Å². The van der Waals surface area contributed by atoms with E-state index in [0.29, 0.717) is 12.2 Å². The van der Waals surface area contributed by atoms with Crippen molar-refractivity contribution in [1.82, 2.24) is 4.57 Å². The van der Waals surface area contributed by atoms with Gasteiger partial charge in [0.05, 0.1) is 7.05 Å². The lowest BCUT2D eigenvalue weighted by atomic mass is 10.3. The van der Waals surface area contributed by atoms with Gasteiger partial charge in [-0.25, -0.2) is 9.13 Å². The van der Waals surface area contributed by atoms with E-state index in [1.54, 1.807) is 0 Å². The molecule has 1 heterocycles. The number of nitrogens with zero attached hydrogens (tertiary/aromatic N) is 5. The molecule has 1 aromatic carbocycles. The average molecular weight is 228 g/mol. The Labute approximate surface area is 99.2 Å². The number of hydrogen-bond acceptors (Lipinski definition) is 1. The zero-order valence-corrected chi connectivity index (χ0v) is 9.96. The Kier molecular flexibility index (Phi) is 2.85. The summed E-state index contributed by atoms with van der Waals surface area (Å²) in [5.74, 6) is 1.10. The number of hydrogen-bond donors (Lipinski definition) is 0. The Balaban J connectivity index is 2.57. The maximum Gasteiger partial charge on any atom is 0.254 e. The van der Waals surface area contributed by atoms with Crippen LogP contribution in [0.4, 0.5) is 0 Å². The van der Waals surface area contributed by atoms with Crippen LogP contribution in [0.15, 0.2) is 41.7 Å². The van der Waals surface area contributed by atoms with E-state index in [1.807, 2.05) is 32.2 Å². The first kappa shape index (κ1) is 11.2. The summed E-state index contributed by atoms with van der Waals surface area (Å²) in [6.07, 6.45) is 0. The van der Waals surface area contributed by atoms with Crippen LogP contribution in [-0.2, 0) is 13.6 Å². The van der Waals surface area contributed by atoms with Gasteiger partial charge < -0.3 is 0 Å². The molecule has 0 saturated heterocycles. The molecule has 0 unspecified atom stereocenters. The lowest BCUT2D eigenvalue weighted by Gasteiger charge is -1.98. The quantitative estimate of drug-likeness (QED) is 0.335. The van der Waals surface area contributed by atoms with E-state index in [0.717, 1.165) is 16.9 Å². The molecule has 0 amide bonds. The molecule has 0 aliphatic carbocycles. The van der Waals surface area contributed by atoms with E-state index >= 15 is 0 Å². The molecule has 2 rings (SSSR count). The second-order valence-electron chi connectivity index (χ2n) is 3.94. The van der Waals surface area contributed by atoms with Crippen LogP contribution in [0.2, 0.25) is 0 Å². The minimum Gasteiger partial charge on any atom is -0.230 e. The summed E-state index contributed by atoms with van der Waals surface area (Å²) in [4.78, 5) is 2.75. The van der Waals surface area contributed by atoms with Crippen molar-refractivity contribution in [2.24, 2.45) is 12.2 Å². The van der Waals surface area contributed by atoms with Gasteiger partial charge in [0.2, 0.25) is 0 Å². The molecule has 0 aliphatic heterocycles. The maximum absolute atomic E-state index is 8.39. The smallest absolute Gasteiger partial charge is 0.230 e. The second-order valence-corrected chi connectivity index (χ2v) is 3.94. The van der Waals surface area contributed by atoms with Crippen molar-refractivity contribution in [1.29, 1.82) is 0 Å². The molecule has 5 heteroatoms. The van der Waals surface area contributed by atoms with Crippen LogP contribution in [0.5, 0.6) is 0 Å². The number of aromatic nitrogens is 2. The highest BCUT2D eigenvalue weighted by molar-refractivity contribution is 5.72. The summed E-state index contributed by atoms with van der Waals surface area (Å²) < 4.78 is 4.20. The van der Waals surface area contributed by atoms with Gasteiger partial charge in [-0.15, -0.1) is 0 Å². The molecule has 0 fully saturated rings. The van der Waals surface area contributed by atoms with Gasteiger partial charge in [-0.3, -0.25) is 0 Å². The molecule has 0 saturated carbocycles. The molecule has 0 bridgehead atoms. The third-order valence-electron chi connectivity index (χ3n) is 2.94. The zero-order chi connectivity index (χ0) is 12.4. The van der Waals surface area contributed by atoms with E-state index in [1.165, 1.54) is 0 Å². The lowest BCUT2D eigenvalue weighted by Crippen LogP contribution is -2.30. The molecular formula is C12H14N5+. The fourth-order valence-corrected chi connectivity index (χ4v) is 1.98. The number of para-hydroxylation sites is 2. The summed E-state index contributed by atoms with van der Waals surface area (Å²) in [6.45, 7) is 6.29. The Morgan fingerprint density at radius 3 is 2.94 bits per heavy atom. The molecular weight excluding hydrogens is 214 g/mol. The Bertz CT molecular complexity index is 632. The first-order valence-corrected chi connectivity index (χ1v) is 5.32. The highest BCUT2D eigenvalue weighted by Gasteiger charge is 2.18. The SMILES string of the molecule is C=C(Cn1c(C)[n+](C)c2ccccc21)N=[N+]=[N-]. The highest BCUT2D eigenvalue weighted by atomic mass is 15.2. The topological polar surface area (TPSA) is 57.6 Å². The molecule has 0 N–H and O–H groups in total. The van der Waals surface area contributed by atoms with E-state index in [4.69, 9.17) is 5.53 Å². The molecule has 2 aromatic rings. The second kappa shape index (κ2) is 4.31. The fraction of sp³-hybridized carbons (Fsp3) is 0.250. The van der Waals surface area contributed by atoms with Crippen LogP contribution in [0, 0.1) is 6.92 Å². The van der Waals surface area contributed by atoms with Gasteiger partial charge >= 0.3 is 0 Å². The van der Waals surface area contributed by atoms with Gasteiger partial charge in [-0.05, 0) is 17.7 Å². The van der Waals surface area contributed by atoms with Gasteiger partial charge in [0, 0.05) is 17.5 Å². The standard InChI is InChI=1S/C12H14N5/c1-9(14-15-13)8-17-10(2)16(3)11-6-4-5-7-12(11)17/h4-7H,1,8H2,2-3H3/q+1. The van der Waals surface area contributed by atoms with Crippen molar-refractivity contribution in [3.05, 3.63) is 52.8 Å². The van der Waals surface area contributed by atoms with Crippen LogP contribution < -0.4 is 4.57 Å². The van der Waals surface area contributed by atoms with E-state index in [2.05, 4.69) is 31.8 Å². The fourth-order valence-electron chi connectivity index (χ4n) is 1.98. The minimum atomic E-state index is 0.511. The van der Waals surface area contributed by atoms with Crippen molar-refractivity contribution < 1.29 is 4.57 Å². The average Bonchev–Trinajstić information content (AvgIpc) is 2.56. The summed E-state index contributed by atoms with van der Waals surface area (Å²) in [5, 5.41) is 3.53. The zero-order valence-electron chi connectivity index (χ0n) is 9.96. The summed E-state index contributed by atoms with van der Waals surface area (Å²) in [7, 11) is 2.02. The number of benzene rings is 1. The van der Waals surface area contributed by atoms with Crippen LogP contribution in [0.25, 0.3) is 21.5 Å². The van der Waals surface area contributed by atoms with Crippen molar-refractivity contribution in [3.63, 3.8) is 0 Å². The van der Waals surface area contributed by atoms with Crippen molar-refractivity contribution in [3.8, 4) is 0 Å². The van der Waals surface area contributed by atoms with Crippen LogP contribution in [-0.4, -0.2) is 4.57 Å². The molecule has 0 spiro atoms. The number of aryl methyl sites for hydroxylation is 1. The summed E-state index contributed by atoms with van der Waals surface area (Å²) >= 11 is 0. The van der Waals surface area contributed by atoms with Crippen LogP contribution in [0.1, 0.15) is 5.82 Å². The van der Waals surface area contributed by atoms with E-state index in [-0.39, 0.29) is 0 Å². The Morgan fingerprint density at radius 2 is 2.24 bits per heavy atom. The third-order valence-corrected chi connectivity index (χ3v) is 2.94. The Morgan fingerprint density at radius 1 is 1.53 bits per heavy atom. The van der Waals surface area contributed by atoms with Crippen molar-refractivity contribution in [2.75, 3.05) is 0 Å². The molecule has 5 nitrogen and oxygen atoms in total. The highest BCUT2D eigenvalue weighted by Crippen LogP contribution is 2.15. The first-order chi connectivity index (χ1) is 8.15. The van der Waals surface area contributed by atoms with E-state index < -0.39 is 0 Å². The van der Waals surface area contributed by atoms with Gasteiger partial charge in [-0.1, -0.05) is 23.8 Å². The monoisotopic (exact) mass is 228 g/mol. The number of fused-ring (bicyclic) bond motifs is 1. The summed E-state index contributed by atoms with van der Waals surface area (Å²) in [6, 6.07) is 8.11. The lowest BCUT2D eigenvalue weighted by molar-refractivity contribution is -0.652. The molecule has 1 aromatic heterocycles.